The molecule has 1 aromatic rings. The van der Waals surface area contributed by atoms with E-state index in [-0.39, 0.29) is 6.42 Å². The van der Waals surface area contributed by atoms with E-state index in [4.69, 9.17) is 9.47 Å². The second kappa shape index (κ2) is 7.32. The van der Waals surface area contributed by atoms with Gasteiger partial charge in [0, 0.05) is 12.1 Å². The molecule has 0 unspecified atom stereocenters. The number of hydrogen-bond donors (Lipinski definition) is 1. The highest BCUT2D eigenvalue weighted by atomic mass is 16.5. The number of benzene rings is 1. The summed E-state index contributed by atoms with van der Waals surface area (Å²) in [5.74, 6) is 0.295. The molecule has 0 radical (unpaired) electrons. The molecule has 1 N–H and O–H groups in total. The van der Waals surface area contributed by atoms with Crippen molar-refractivity contribution in [2.24, 2.45) is 0 Å². The van der Waals surface area contributed by atoms with Gasteiger partial charge in [-0.1, -0.05) is 0 Å². The summed E-state index contributed by atoms with van der Waals surface area (Å²) < 4.78 is 9.92. The number of rotatable bonds is 7. The Hall–Kier alpha value is -2.04. The van der Waals surface area contributed by atoms with Crippen LogP contribution in [0.5, 0.6) is 5.75 Å². The van der Waals surface area contributed by atoms with Gasteiger partial charge in [-0.15, -0.1) is 0 Å². The summed E-state index contributed by atoms with van der Waals surface area (Å²) in [6.45, 7) is 2.02. The third-order valence-electron chi connectivity index (χ3n) is 2.33. The van der Waals surface area contributed by atoms with E-state index in [1.807, 2.05) is 0 Å². The van der Waals surface area contributed by atoms with Crippen molar-refractivity contribution in [3.8, 4) is 5.75 Å². The average molecular weight is 251 g/mol. The molecule has 0 fully saturated rings. The monoisotopic (exact) mass is 251 g/mol. The highest BCUT2D eigenvalue weighted by Gasteiger charge is 2.18. The first-order chi connectivity index (χ1) is 8.71. The van der Waals surface area contributed by atoms with E-state index in [0.29, 0.717) is 12.9 Å². The molecule has 98 valence electrons. The molecule has 1 rings (SSSR count). The van der Waals surface area contributed by atoms with Gasteiger partial charge in [-0.2, -0.15) is 0 Å². The average Bonchev–Trinajstić information content (AvgIpc) is 2.39. The second-order valence-electron chi connectivity index (χ2n) is 3.58. The molecule has 1 atom stereocenters. The first-order valence-corrected chi connectivity index (χ1v) is 5.72. The van der Waals surface area contributed by atoms with Crippen LogP contribution >= 0.6 is 0 Å². The number of carbonyl (C=O) groups excluding carboxylic acids is 2. The molecule has 0 aromatic heterocycles. The van der Waals surface area contributed by atoms with E-state index in [1.165, 1.54) is 0 Å². The van der Waals surface area contributed by atoms with E-state index in [2.05, 4.69) is 5.32 Å². The lowest BCUT2D eigenvalue weighted by Crippen LogP contribution is -2.31. The first-order valence-electron chi connectivity index (χ1n) is 5.72. The van der Waals surface area contributed by atoms with Crippen LogP contribution < -0.4 is 10.1 Å². The predicted octanol–water partition coefficient (Wildman–Crippen LogP) is 1.63. The molecule has 0 saturated carbocycles. The van der Waals surface area contributed by atoms with Gasteiger partial charge in [0.2, 0.25) is 0 Å². The Morgan fingerprint density at radius 1 is 1.39 bits per heavy atom. The summed E-state index contributed by atoms with van der Waals surface area (Å²) >= 11 is 0. The summed E-state index contributed by atoms with van der Waals surface area (Å²) in [7, 11) is 1.58. The van der Waals surface area contributed by atoms with Crippen molar-refractivity contribution in [3.63, 3.8) is 0 Å². The molecule has 0 amide bonds. The third kappa shape index (κ3) is 4.08. The number of hydrogen-bond acceptors (Lipinski definition) is 5. The topological polar surface area (TPSA) is 64.6 Å². The summed E-state index contributed by atoms with van der Waals surface area (Å²) in [5.41, 5.74) is 0.732. The second-order valence-corrected chi connectivity index (χ2v) is 3.58. The lowest BCUT2D eigenvalue weighted by Gasteiger charge is -2.16. The van der Waals surface area contributed by atoms with E-state index in [1.54, 1.807) is 38.3 Å². The number of methoxy groups -OCH3 is 1. The Morgan fingerprint density at radius 3 is 2.56 bits per heavy atom. The van der Waals surface area contributed by atoms with Gasteiger partial charge in [-0.05, 0) is 31.2 Å². The maximum Gasteiger partial charge on any atom is 0.328 e. The summed E-state index contributed by atoms with van der Waals surface area (Å²) in [6, 6.07) is 6.43. The van der Waals surface area contributed by atoms with Crippen molar-refractivity contribution in [2.45, 2.75) is 19.4 Å². The van der Waals surface area contributed by atoms with Crippen LogP contribution in [0.4, 0.5) is 5.69 Å². The molecular formula is C13H17NO4. The van der Waals surface area contributed by atoms with Crippen LogP contribution in [-0.4, -0.2) is 32.0 Å². The van der Waals surface area contributed by atoms with Crippen LogP contribution in [0.2, 0.25) is 0 Å². The Kier molecular flexibility index (Phi) is 5.70. The molecule has 5 nitrogen and oxygen atoms in total. The molecule has 0 heterocycles. The third-order valence-corrected chi connectivity index (χ3v) is 2.33. The summed E-state index contributed by atoms with van der Waals surface area (Å²) in [5, 5.41) is 2.95. The van der Waals surface area contributed by atoms with Crippen molar-refractivity contribution in [1.82, 2.24) is 0 Å². The van der Waals surface area contributed by atoms with Crippen molar-refractivity contribution >= 4 is 17.9 Å². The van der Waals surface area contributed by atoms with Crippen LogP contribution in [0, 0.1) is 0 Å². The molecule has 1 aromatic carbocycles. The molecular weight excluding hydrogens is 234 g/mol. The quantitative estimate of drug-likeness (QED) is 0.589. The maximum absolute atomic E-state index is 11.6. The maximum atomic E-state index is 11.6. The van der Waals surface area contributed by atoms with Crippen molar-refractivity contribution < 1.29 is 19.1 Å². The van der Waals surface area contributed by atoms with Crippen molar-refractivity contribution in [3.05, 3.63) is 24.3 Å². The molecule has 0 aliphatic heterocycles. The van der Waals surface area contributed by atoms with Gasteiger partial charge in [-0.25, -0.2) is 4.79 Å². The van der Waals surface area contributed by atoms with Gasteiger partial charge in [0.15, 0.2) is 0 Å². The number of esters is 1. The molecule has 0 spiro atoms. The minimum atomic E-state index is -0.657. The normalized spacial score (nSPS) is 11.4. The number of carbonyl (C=O) groups is 2. The zero-order chi connectivity index (χ0) is 13.4. The molecule has 0 aliphatic carbocycles. The van der Waals surface area contributed by atoms with Crippen LogP contribution in [0.25, 0.3) is 0 Å². The number of anilines is 1. The van der Waals surface area contributed by atoms with Gasteiger partial charge in [0.25, 0.3) is 0 Å². The Balaban J connectivity index is 2.69. The van der Waals surface area contributed by atoms with Gasteiger partial charge in [-0.3, -0.25) is 0 Å². The van der Waals surface area contributed by atoms with Crippen molar-refractivity contribution in [2.75, 3.05) is 19.0 Å². The van der Waals surface area contributed by atoms with E-state index in [0.717, 1.165) is 11.4 Å². The number of ether oxygens (including phenoxy) is 2. The van der Waals surface area contributed by atoms with Gasteiger partial charge >= 0.3 is 5.97 Å². The Bertz CT molecular complexity index is 388. The largest absolute Gasteiger partial charge is 0.497 e. The fourth-order valence-corrected chi connectivity index (χ4v) is 1.44. The fourth-order valence-electron chi connectivity index (χ4n) is 1.44. The minimum absolute atomic E-state index is 0.0743. The molecule has 18 heavy (non-hydrogen) atoms. The molecule has 5 heteroatoms. The van der Waals surface area contributed by atoms with Crippen LogP contribution in [0.1, 0.15) is 13.3 Å². The smallest absolute Gasteiger partial charge is 0.328 e. The lowest BCUT2D eigenvalue weighted by molar-refractivity contribution is -0.144. The number of aldehydes is 1. The molecule has 0 aliphatic rings. The molecule has 0 saturated heterocycles. The zero-order valence-electron chi connectivity index (χ0n) is 10.5. The SMILES string of the molecule is CCOC(=O)[C@H](CC=O)Nc1ccc(OC)cc1. The Morgan fingerprint density at radius 2 is 2.06 bits per heavy atom. The van der Waals surface area contributed by atoms with E-state index in [9.17, 15) is 9.59 Å². The van der Waals surface area contributed by atoms with Crippen LogP contribution in [-0.2, 0) is 14.3 Å². The Labute approximate surface area is 106 Å². The zero-order valence-corrected chi connectivity index (χ0v) is 10.5. The highest BCUT2D eigenvalue weighted by Crippen LogP contribution is 2.16. The van der Waals surface area contributed by atoms with E-state index < -0.39 is 12.0 Å². The van der Waals surface area contributed by atoms with Crippen LogP contribution in [0.3, 0.4) is 0 Å². The lowest BCUT2D eigenvalue weighted by atomic mass is 10.2. The number of nitrogens with one attached hydrogen (secondary N) is 1. The molecule has 0 bridgehead atoms. The van der Waals surface area contributed by atoms with Gasteiger partial charge in [0.1, 0.15) is 18.1 Å². The fraction of sp³-hybridized carbons (Fsp3) is 0.385. The van der Waals surface area contributed by atoms with Gasteiger partial charge in [0.05, 0.1) is 13.7 Å². The van der Waals surface area contributed by atoms with E-state index >= 15 is 0 Å². The van der Waals surface area contributed by atoms with Crippen molar-refractivity contribution in [1.29, 1.82) is 0 Å². The van der Waals surface area contributed by atoms with Gasteiger partial charge < -0.3 is 19.6 Å². The predicted molar refractivity (Wildman–Crippen MR) is 67.7 cm³/mol. The standard InChI is InChI=1S/C13H17NO4/c1-3-18-13(16)12(8-9-15)14-10-4-6-11(17-2)7-5-10/h4-7,9,12,14H,3,8H2,1-2H3/t12-/m0/s1. The highest BCUT2D eigenvalue weighted by molar-refractivity contribution is 5.82. The summed E-state index contributed by atoms with van der Waals surface area (Å²) in [4.78, 5) is 22.1. The minimum Gasteiger partial charge on any atom is -0.497 e. The first kappa shape index (κ1) is 14.0. The summed E-state index contributed by atoms with van der Waals surface area (Å²) in [6.07, 6.45) is 0.767. The van der Waals surface area contributed by atoms with Crippen LogP contribution in [0.15, 0.2) is 24.3 Å².